The van der Waals surface area contributed by atoms with Gasteiger partial charge in [-0.25, -0.2) is 13.2 Å². The average Bonchev–Trinajstić information content (AvgIpc) is 2.66. The maximum Gasteiger partial charge on any atom is 0.338 e. The Morgan fingerprint density at radius 1 is 1.07 bits per heavy atom. The Morgan fingerprint density at radius 2 is 1.74 bits per heavy atom. The zero-order chi connectivity index (χ0) is 20.0. The summed E-state index contributed by atoms with van der Waals surface area (Å²) in [6.45, 7) is 6.35. The predicted octanol–water partition coefficient (Wildman–Crippen LogP) is 3.79. The summed E-state index contributed by atoms with van der Waals surface area (Å²) in [6, 6.07) is 11.3. The topological polar surface area (TPSA) is 72.9 Å². The van der Waals surface area contributed by atoms with Gasteiger partial charge in [-0.15, -0.1) is 0 Å². The normalized spacial score (nSPS) is 11.1. The number of benzene rings is 2. The first-order valence-corrected chi connectivity index (χ1v) is 10.2. The minimum atomic E-state index is -3.83. The molecule has 0 spiro atoms. The first kappa shape index (κ1) is 20.8. The Bertz CT molecular complexity index is 891. The van der Waals surface area contributed by atoms with E-state index >= 15 is 0 Å². The van der Waals surface area contributed by atoms with Crippen molar-refractivity contribution >= 4 is 21.7 Å². The van der Waals surface area contributed by atoms with Crippen LogP contribution in [0.1, 0.15) is 36.2 Å². The van der Waals surface area contributed by atoms with Gasteiger partial charge in [0.25, 0.3) is 10.0 Å². The van der Waals surface area contributed by atoms with Crippen LogP contribution in [-0.2, 0) is 14.8 Å². The SMILES string of the molecule is CCCOC(=O)c1cc(S(=O)(=O)N(C)c2ccc(OCC)cc2)ccc1C. The Morgan fingerprint density at radius 3 is 2.33 bits per heavy atom. The van der Waals surface area contributed by atoms with Crippen molar-refractivity contribution in [2.45, 2.75) is 32.1 Å². The largest absolute Gasteiger partial charge is 0.494 e. The van der Waals surface area contributed by atoms with Crippen LogP contribution in [0.15, 0.2) is 47.4 Å². The second kappa shape index (κ2) is 8.90. The highest BCUT2D eigenvalue weighted by molar-refractivity contribution is 7.92. The Balaban J connectivity index is 2.33. The zero-order valence-electron chi connectivity index (χ0n) is 16.1. The van der Waals surface area contributed by atoms with E-state index in [1.165, 1.54) is 23.5 Å². The van der Waals surface area contributed by atoms with Gasteiger partial charge >= 0.3 is 5.97 Å². The summed E-state index contributed by atoms with van der Waals surface area (Å²) < 4.78 is 37.7. The minimum Gasteiger partial charge on any atom is -0.494 e. The third kappa shape index (κ3) is 4.80. The van der Waals surface area contributed by atoms with E-state index < -0.39 is 16.0 Å². The van der Waals surface area contributed by atoms with Gasteiger partial charge in [0.2, 0.25) is 0 Å². The first-order valence-electron chi connectivity index (χ1n) is 8.80. The van der Waals surface area contributed by atoms with Crippen molar-refractivity contribution in [1.82, 2.24) is 0 Å². The van der Waals surface area contributed by atoms with Crippen LogP contribution in [0, 0.1) is 6.92 Å². The third-order valence-electron chi connectivity index (χ3n) is 4.04. The molecule has 0 bridgehead atoms. The van der Waals surface area contributed by atoms with Crippen LogP contribution >= 0.6 is 0 Å². The molecule has 7 heteroatoms. The average molecular weight is 391 g/mol. The van der Waals surface area contributed by atoms with Crippen LogP contribution in [0.4, 0.5) is 5.69 Å². The number of nitrogens with zero attached hydrogens (tertiary/aromatic N) is 1. The molecule has 2 rings (SSSR count). The van der Waals surface area contributed by atoms with Gasteiger partial charge in [0.15, 0.2) is 0 Å². The fourth-order valence-electron chi connectivity index (χ4n) is 2.47. The molecule has 6 nitrogen and oxygen atoms in total. The number of hydrogen-bond donors (Lipinski definition) is 0. The lowest BCUT2D eigenvalue weighted by Crippen LogP contribution is -2.26. The van der Waals surface area contributed by atoms with Crippen LogP contribution in [0.2, 0.25) is 0 Å². The van der Waals surface area contributed by atoms with E-state index in [-0.39, 0.29) is 10.5 Å². The van der Waals surface area contributed by atoms with E-state index in [1.54, 1.807) is 37.3 Å². The highest BCUT2D eigenvalue weighted by Gasteiger charge is 2.23. The fraction of sp³-hybridized carbons (Fsp3) is 0.350. The number of esters is 1. The summed E-state index contributed by atoms with van der Waals surface area (Å²) in [4.78, 5) is 12.2. The zero-order valence-corrected chi connectivity index (χ0v) is 16.9. The first-order chi connectivity index (χ1) is 12.8. The number of rotatable bonds is 8. The summed E-state index contributed by atoms with van der Waals surface area (Å²) in [7, 11) is -2.35. The fourth-order valence-corrected chi connectivity index (χ4v) is 3.69. The maximum atomic E-state index is 13.0. The number of ether oxygens (including phenoxy) is 2. The Hall–Kier alpha value is -2.54. The van der Waals surface area contributed by atoms with E-state index in [4.69, 9.17) is 9.47 Å². The molecule has 2 aromatic rings. The molecule has 0 fully saturated rings. The van der Waals surface area contributed by atoms with Crippen LogP contribution in [0.25, 0.3) is 0 Å². The summed E-state index contributed by atoms with van der Waals surface area (Å²) in [5.41, 5.74) is 1.41. The number of carbonyl (C=O) groups is 1. The van der Waals surface area contributed by atoms with Crippen molar-refractivity contribution in [3.8, 4) is 5.75 Å². The lowest BCUT2D eigenvalue weighted by atomic mass is 10.1. The van der Waals surface area contributed by atoms with E-state index in [1.807, 2.05) is 13.8 Å². The molecule has 0 aromatic heterocycles. The molecule has 0 saturated carbocycles. The summed E-state index contributed by atoms with van der Waals surface area (Å²) in [5, 5.41) is 0. The van der Waals surface area contributed by atoms with Gasteiger partial charge in [-0.1, -0.05) is 13.0 Å². The van der Waals surface area contributed by atoms with Crippen molar-refractivity contribution in [2.75, 3.05) is 24.6 Å². The molecule has 0 radical (unpaired) electrons. The molecule has 0 aliphatic rings. The Labute approximate surface area is 160 Å². The number of carbonyl (C=O) groups excluding carboxylic acids is 1. The second-order valence-corrected chi connectivity index (χ2v) is 7.98. The van der Waals surface area contributed by atoms with Gasteiger partial charge in [0.1, 0.15) is 5.75 Å². The summed E-state index contributed by atoms with van der Waals surface area (Å²) in [6.07, 6.45) is 0.698. The van der Waals surface area contributed by atoms with Gasteiger partial charge in [-0.05, 0) is 62.2 Å². The van der Waals surface area contributed by atoms with E-state index in [9.17, 15) is 13.2 Å². The van der Waals surface area contributed by atoms with Crippen molar-refractivity contribution in [3.63, 3.8) is 0 Å². The lowest BCUT2D eigenvalue weighted by molar-refractivity contribution is 0.0504. The van der Waals surface area contributed by atoms with E-state index in [0.717, 1.165) is 0 Å². The van der Waals surface area contributed by atoms with Crippen molar-refractivity contribution in [3.05, 3.63) is 53.6 Å². The number of hydrogen-bond acceptors (Lipinski definition) is 5. The molecule has 0 amide bonds. The van der Waals surface area contributed by atoms with E-state index in [0.29, 0.717) is 36.6 Å². The van der Waals surface area contributed by atoms with Gasteiger partial charge in [0.05, 0.1) is 29.4 Å². The van der Waals surface area contributed by atoms with Gasteiger partial charge < -0.3 is 9.47 Å². The highest BCUT2D eigenvalue weighted by atomic mass is 32.2. The van der Waals surface area contributed by atoms with E-state index in [2.05, 4.69) is 0 Å². The standard InChI is InChI=1S/C20H25NO5S/c1-5-13-26-20(22)19-14-18(12-7-15(19)3)27(23,24)21(4)16-8-10-17(11-9-16)25-6-2/h7-12,14H,5-6,13H2,1-4H3. The molecule has 0 atom stereocenters. The van der Waals surface area contributed by atoms with Gasteiger partial charge in [-0.2, -0.15) is 0 Å². The molecule has 0 heterocycles. The number of sulfonamides is 1. The number of aryl methyl sites for hydroxylation is 1. The summed E-state index contributed by atoms with van der Waals surface area (Å²) >= 11 is 0. The predicted molar refractivity (Wildman–Crippen MR) is 105 cm³/mol. The molecule has 27 heavy (non-hydrogen) atoms. The maximum absolute atomic E-state index is 13.0. The van der Waals surface area contributed by atoms with Crippen LogP contribution < -0.4 is 9.04 Å². The molecule has 2 aromatic carbocycles. The highest BCUT2D eigenvalue weighted by Crippen LogP contribution is 2.26. The molecule has 0 unspecified atom stereocenters. The van der Waals surface area contributed by atoms with Crippen molar-refractivity contribution < 1.29 is 22.7 Å². The molecule has 0 aliphatic heterocycles. The summed E-state index contributed by atoms with van der Waals surface area (Å²) in [5.74, 6) is 0.151. The lowest BCUT2D eigenvalue weighted by Gasteiger charge is -2.20. The molecule has 0 aliphatic carbocycles. The smallest absolute Gasteiger partial charge is 0.338 e. The molecule has 146 valence electrons. The number of anilines is 1. The van der Waals surface area contributed by atoms with Gasteiger partial charge in [0, 0.05) is 7.05 Å². The van der Waals surface area contributed by atoms with Gasteiger partial charge in [-0.3, -0.25) is 4.31 Å². The molecular formula is C20H25NO5S. The monoisotopic (exact) mass is 391 g/mol. The molecule has 0 saturated heterocycles. The molecular weight excluding hydrogens is 366 g/mol. The quantitative estimate of drug-likeness (QED) is 0.640. The minimum absolute atomic E-state index is 0.0351. The second-order valence-electron chi connectivity index (χ2n) is 6.01. The Kier molecular flexibility index (Phi) is 6.85. The molecule has 0 N–H and O–H groups in total. The van der Waals surface area contributed by atoms with Crippen LogP contribution in [-0.4, -0.2) is 34.6 Å². The van der Waals surface area contributed by atoms with Crippen molar-refractivity contribution in [1.29, 1.82) is 0 Å². The van der Waals surface area contributed by atoms with Crippen LogP contribution in [0.3, 0.4) is 0 Å². The third-order valence-corrected chi connectivity index (χ3v) is 5.82. The van der Waals surface area contributed by atoms with Crippen molar-refractivity contribution in [2.24, 2.45) is 0 Å². The van der Waals surface area contributed by atoms with Crippen LogP contribution in [0.5, 0.6) is 5.75 Å².